The molecule has 0 aromatic heterocycles. The molecule has 0 bridgehead atoms. The summed E-state index contributed by atoms with van der Waals surface area (Å²) in [5, 5.41) is 11.5. The smallest absolute Gasteiger partial charge is 0.0497 e. The van der Waals surface area contributed by atoms with Gasteiger partial charge in [-0.25, -0.2) is 0 Å². The molecule has 0 radical (unpaired) electrons. The summed E-state index contributed by atoms with van der Waals surface area (Å²) in [4.78, 5) is 2.58. The average molecular weight is 736 g/mol. The first-order valence-electron chi connectivity index (χ1n) is 20.5. The molecule has 3 heteroatoms. The Kier molecular flexibility index (Phi) is 8.29. The van der Waals surface area contributed by atoms with Gasteiger partial charge in [0.15, 0.2) is 0 Å². The van der Waals surface area contributed by atoms with E-state index in [-0.39, 0.29) is 17.9 Å². The van der Waals surface area contributed by atoms with Crippen molar-refractivity contribution in [3.8, 4) is 0 Å². The van der Waals surface area contributed by atoms with Crippen molar-refractivity contribution in [2.24, 2.45) is 29.4 Å². The zero-order valence-electron chi connectivity index (χ0n) is 31.9. The summed E-state index contributed by atoms with van der Waals surface area (Å²) in [6, 6.07) is 48.4. The summed E-state index contributed by atoms with van der Waals surface area (Å²) < 4.78 is 0. The highest BCUT2D eigenvalue weighted by atomic mass is 15.2. The Bertz CT molecular complexity index is 2890. The Morgan fingerprint density at radius 3 is 2.28 bits per heavy atom. The zero-order valence-corrected chi connectivity index (χ0v) is 31.9. The van der Waals surface area contributed by atoms with Crippen molar-refractivity contribution in [3.63, 3.8) is 0 Å². The number of fused-ring (bicyclic) bond motifs is 10. The van der Waals surface area contributed by atoms with Gasteiger partial charge in [0.1, 0.15) is 0 Å². The van der Waals surface area contributed by atoms with Gasteiger partial charge < -0.3 is 16.0 Å². The molecule has 1 heterocycles. The molecule has 6 aromatic carbocycles. The van der Waals surface area contributed by atoms with E-state index in [1.54, 1.807) is 0 Å². The lowest BCUT2D eigenvalue weighted by molar-refractivity contribution is 0.392. The molecule has 6 unspecified atom stereocenters. The Hall–Kier alpha value is -6.42. The van der Waals surface area contributed by atoms with Gasteiger partial charge in [-0.15, -0.1) is 0 Å². The molecule has 6 atom stereocenters. The standard InChI is InChI=1S/C54H45N3/c55-49(33-50(45-25-12-17-36-14-2-5-20-42(36)45)56-34-39-18-11-16-35-13-1-4-19-41(35)39)38-27-30-40(31-28-38)57-51-26-10-9-24-48(51)53-52-43-21-6-3-15-37(43)29-32-46(52)44-22-7-8-23-47(44)54(53)57/h1-27,29-33,37-38,43,49,52-53,56H,28,34,55H2/b50-33-. The van der Waals surface area contributed by atoms with Crippen molar-refractivity contribution in [3.05, 3.63) is 227 Å². The molecule has 0 saturated carbocycles. The fourth-order valence-corrected chi connectivity index (χ4v) is 10.4. The van der Waals surface area contributed by atoms with Gasteiger partial charge in [-0.05, 0) is 79.9 Å². The number of nitrogens with one attached hydrogen (secondary N) is 1. The van der Waals surface area contributed by atoms with Crippen LogP contribution in [0.3, 0.4) is 0 Å². The van der Waals surface area contributed by atoms with Crippen molar-refractivity contribution in [2.45, 2.75) is 24.9 Å². The Balaban J connectivity index is 0.948. The predicted molar refractivity (Wildman–Crippen MR) is 238 cm³/mol. The van der Waals surface area contributed by atoms with Crippen LogP contribution in [0.15, 0.2) is 200 Å². The second kappa shape index (κ2) is 14.0. The molecular weight excluding hydrogens is 691 g/mol. The van der Waals surface area contributed by atoms with E-state index in [0.29, 0.717) is 24.3 Å². The molecule has 3 nitrogen and oxygen atoms in total. The third-order valence-corrected chi connectivity index (χ3v) is 13.1. The number of benzene rings is 6. The molecule has 6 aromatic rings. The van der Waals surface area contributed by atoms with Gasteiger partial charge in [0.25, 0.3) is 0 Å². The molecule has 5 aliphatic rings. The van der Waals surface area contributed by atoms with E-state index < -0.39 is 0 Å². The van der Waals surface area contributed by atoms with Crippen LogP contribution in [0.25, 0.3) is 38.5 Å². The van der Waals surface area contributed by atoms with Crippen LogP contribution in [0.2, 0.25) is 0 Å². The third-order valence-electron chi connectivity index (χ3n) is 13.1. The van der Waals surface area contributed by atoms with Gasteiger partial charge in [-0.3, -0.25) is 0 Å². The van der Waals surface area contributed by atoms with Gasteiger partial charge in [0, 0.05) is 63.9 Å². The second-order valence-electron chi connectivity index (χ2n) is 16.1. The van der Waals surface area contributed by atoms with E-state index in [1.165, 1.54) is 71.3 Å². The highest BCUT2D eigenvalue weighted by molar-refractivity contribution is 5.94. The maximum atomic E-state index is 7.23. The fraction of sp³-hybridized carbons (Fsp3) is 0.148. The van der Waals surface area contributed by atoms with Crippen LogP contribution in [-0.4, -0.2) is 6.04 Å². The summed E-state index contributed by atoms with van der Waals surface area (Å²) in [6.45, 7) is 0.701. The summed E-state index contributed by atoms with van der Waals surface area (Å²) in [5.74, 6) is 1.63. The van der Waals surface area contributed by atoms with Crippen molar-refractivity contribution < 1.29 is 0 Å². The molecule has 0 saturated heterocycles. The third kappa shape index (κ3) is 5.68. The van der Waals surface area contributed by atoms with Gasteiger partial charge in [-0.2, -0.15) is 0 Å². The van der Waals surface area contributed by atoms with E-state index in [9.17, 15) is 0 Å². The first-order chi connectivity index (χ1) is 28.2. The molecule has 3 N–H and O–H groups in total. The van der Waals surface area contributed by atoms with Crippen molar-refractivity contribution in [2.75, 3.05) is 4.90 Å². The maximum absolute atomic E-state index is 7.23. The molecule has 11 rings (SSSR count). The largest absolute Gasteiger partial charge is 0.381 e. The number of nitrogens with two attached hydrogens (primary N) is 1. The van der Waals surface area contributed by atoms with E-state index in [4.69, 9.17) is 5.73 Å². The normalized spacial score (nSPS) is 23.5. The lowest BCUT2D eigenvalue weighted by Crippen LogP contribution is -2.45. The quantitative estimate of drug-likeness (QED) is 0.172. The number of nitrogens with zero attached hydrogens (tertiary/aromatic N) is 1. The van der Waals surface area contributed by atoms with E-state index in [1.807, 2.05) is 0 Å². The first kappa shape index (κ1) is 33.9. The van der Waals surface area contributed by atoms with Crippen LogP contribution in [0.1, 0.15) is 29.0 Å². The van der Waals surface area contributed by atoms with Gasteiger partial charge in [-0.1, -0.05) is 176 Å². The maximum Gasteiger partial charge on any atom is 0.0497 e. The first-order valence-corrected chi connectivity index (χ1v) is 20.5. The SMILES string of the molecule is NC(/C=C(\NCc1cccc2ccccc12)c1cccc2ccccc12)C1C=CC(N2C3=c4ccccc4=C4C=CC5C=CC=CC5C4C3c3ccccc32)=CC1. The summed E-state index contributed by atoms with van der Waals surface area (Å²) >= 11 is 0. The fourth-order valence-electron chi connectivity index (χ4n) is 10.4. The predicted octanol–water partition coefficient (Wildman–Crippen LogP) is 10.0. The van der Waals surface area contributed by atoms with Crippen molar-refractivity contribution in [1.82, 2.24) is 5.32 Å². The number of allylic oxidation sites excluding steroid dienone is 8. The second-order valence-corrected chi connectivity index (χ2v) is 16.1. The van der Waals surface area contributed by atoms with Crippen LogP contribution < -0.4 is 26.4 Å². The molecule has 0 amide bonds. The molecule has 57 heavy (non-hydrogen) atoms. The Labute approximate surface area is 334 Å². The van der Waals surface area contributed by atoms with E-state index >= 15 is 0 Å². The minimum atomic E-state index is -0.191. The lowest BCUT2D eigenvalue weighted by atomic mass is 9.63. The highest BCUT2D eigenvalue weighted by Gasteiger charge is 2.47. The monoisotopic (exact) mass is 735 g/mol. The molecule has 0 fully saturated rings. The van der Waals surface area contributed by atoms with Gasteiger partial charge >= 0.3 is 0 Å². The van der Waals surface area contributed by atoms with Crippen LogP contribution in [0, 0.1) is 23.7 Å². The number of hydrogen-bond donors (Lipinski definition) is 2. The molecular formula is C54H45N3. The average Bonchev–Trinajstić information content (AvgIpc) is 3.63. The minimum absolute atomic E-state index is 0.152. The Morgan fingerprint density at radius 2 is 1.42 bits per heavy atom. The zero-order chi connectivity index (χ0) is 37.9. The molecule has 276 valence electrons. The van der Waals surface area contributed by atoms with Crippen LogP contribution in [0.4, 0.5) is 5.69 Å². The van der Waals surface area contributed by atoms with Gasteiger partial charge in [0.05, 0.1) is 0 Å². The van der Waals surface area contributed by atoms with Gasteiger partial charge in [0.2, 0.25) is 0 Å². The van der Waals surface area contributed by atoms with Crippen LogP contribution >= 0.6 is 0 Å². The topological polar surface area (TPSA) is 41.3 Å². The Morgan fingerprint density at radius 1 is 0.702 bits per heavy atom. The van der Waals surface area contributed by atoms with E-state index in [0.717, 1.165) is 12.1 Å². The number of anilines is 1. The van der Waals surface area contributed by atoms with Crippen LogP contribution in [0.5, 0.6) is 0 Å². The molecule has 4 aliphatic carbocycles. The van der Waals surface area contributed by atoms with Crippen molar-refractivity contribution in [1.29, 1.82) is 0 Å². The number of rotatable bonds is 7. The number of hydrogen-bond acceptors (Lipinski definition) is 3. The van der Waals surface area contributed by atoms with Crippen LogP contribution in [-0.2, 0) is 6.54 Å². The van der Waals surface area contributed by atoms with Crippen molar-refractivity contribution >= 4 is 44.2 Å². The van der Waals surface area contributed by atoms with E-state index in [2.05, 4.69) is 204 Å². The molecule has 0 spiro atoms. The summed E-state index contributed by atoms with van der Waals surface area (Å²) in [6.07, 6.45) is 24.4. The summed E-state index contributed by atoms with van der Waals surface area (Å²) in [5.41, 5.74) is 17.6. The number of para-hydroxylation sites is 1. The highest BCUT2D eigenvalue weighted by Crippen LogP contribution is 2.57. The lowest BCUT2D eigenvalue weighted by Gasteiger charge is -2.41. The molecule has 1 aliphatic heterocycles. The minimum Gasteiger partial charge on any atom is -0.381 e. The summed E-state index contributed by atoms with van der Waals surface area (Å²) in [7, 11) is 0.